The fourth-order valence-electron chi connectivity index (χ4n) is 4.32. The van der Waals surface area contributed by atoms with Crippen LogP contribution < -0.4 is 0 Å². The lowest BCUT2D eigenvalue weighted by Crippen LogP contribution is -2.35. The summed E-state index contributed by atoms with van der Waals surface area (Å²) in [7, 11) is 0. The molecule has 2 aromatic rings. The number of fused-ring (bicyclic) bond motifs is 1. The van der Waals surface area contributed by atoms with E-state index in [-0.39, 0.29) is 18.1 Å². The Labute approximate surface area is 181 Å². The number of hydrogen-bond donors (Lipinski definition) is 1. The summed E-state index contributed by atoms with van der Waals surface area (Å²) in [6.07, 6.45) is 1.29. The first-order valence-electron chi connectivity index (χ1n) is 10.3. The van der Waals surface area contributed by atoms with E-state index < -0.39 is 5.97 Å². The standard InChI is InChI=1S/C24H26N2O3S/c1-2-9-19(23(27)28)22-21-20(16-30-22)25(14-17-10-5-3-6-11-17)24(29)26(21)15-18-12-7-4-8-13-18/h3-8,10-13,20-21H,2,9,14-16H2,1H3,(H,27,28)/t20-,21-/m1/s1. The lowest BCUT2D eigenvalue weighted by molar-refractivity contribution is -0.132. The van der Waals surface area contributed by atoms with Gasteiger partial charge in [-0.3, -0.25) is 0 Å². The van der Waals surface area contributed by atoms with Crippen molar-refractivity contribution in [2.75, 3.05) is 5.75 Å². The highest BCUT2D eigenvalue weighted by Gasteiger charge is 2.51. The minimum Gasteiger partial charge on any atom is -0.478 e. The summed E-state index contributed by atoms with van der Waals surface area (Å²) in [5.74, 6) is -0.140. The summed E-state index contributed by atoms with van der Waals surface area (Å²) >= 11 is 1.60. The third-order valence-electron chi connectivity index (χ3n) is 5.72. The SMILES string of the molecule is CCCC(C(=O)O)=C1SC[C@@H]2[C@H]1N(Cc1ccccc1)C(=O)N2Cc1ccccc1. The van der Waals surface area contributed by atoms with E-state index in [0.717, 1.165) is 28.2 Å². The normalized spacial score (nSPS) is 22.4. The van der Waals surface area contributed by atoms with E-state index in [9.17, 15) is 14.7 Å². The van der Waals surface area contributed by atoms with Gasteiger partial charge in [-0.25, -0.2) is 9.59 Å². The van der Waals surface area contributed by atoms with Crippen LogP contribution in [0, 0.1) is 0 Å². The minimum atomic E-state index is -0.867. The molecular weight excluding hydrogens is 396 g/mol. The molecule has 2 aliphatic heterocycles. The van der Waals surface area contributed by atoms with E-state index in [0.29, 0.717) is 25.1 Å². The van der Waals surface area contributed by atoms with E-state index in [1.54, 1.807) is 11.8 Å². The van der Waals surface area contributed by atoms with Crippen LogP contribution in [0.15, 0.2) is 71.1 Å². The summed E-state index contributed by atoms with van der Waals surface area (Å²) in [5, 5.41) is 9.84. The molecule has 0 bridgehead atoms. The van der Waals surface area contributed by atoms with Crippen LogP contribution in [0.2, 0.25) is 0 Å². The zero-order chi connectivity index (χ0) is 21.1. The molecule has 4 rings (SSSR count). The lowest BCUT2D eigenvalue weighted by atomic mass is 10.0. The number of carbonyl (C=O) groups excluding carboxylic acids is 1. The number of hydrogen-bond acceptors (Lipinski definition) is 3. The van der Waals surface area contributed by atoms with Crippen molar-refractivity contribution in [2.24, 2.45) is 0 Å². The van der Waals surface area contributed by atoms with Gasteiger partial charge in [-0.1, -0.05) is 74.0 Å². The molecule has 6 heteroatoms. The molecule has 2 fully saturated rings. The van der Waals surface area contributed by atoms with Gasteiger partial charge in [-0.15, -0.1) is 11.8 Å². The van der Waals surface area contributed by atoms with Crippen molar-refractivity contribution in [3.05, 3.63) is 82.3 Å². The number of carboxylic acids is 1. The molecule has 2 atom stereocenters. The third kappa shape index (κ3) is 3.97. The molecule has 0 aromatic heterocycles. The Morgan fingerprint density at radius 2 is 1.57 bits per heavy atom. The molecule has 5 nitrogen and oxygen atoms in total. The number of nitrogens with zero attached hydrogens (tertiary/aromatic N) is 2. The van der Waals surface area contributed by atoms with E-state index in [1.165, 1.54) is 0 Å². The summed E-state index contributed by atoms with van der Waals surface area (Å²) in [6.45, 7) is 3.01. The first-order chi connectivity index (χ1) is 14.6. The van der Waals surface area contributed by atoms with Crippen LogP contribution in [0.25, 0.3) is 0 Å². The maximum atomic E-state index is 13.5. The van der Waals surface area contributed by atoms with Gasteiger partial charge < -0.3 is 14.9 Å². The summed E-state index contributed by atoms with van der Waals surface area (Å²) < 4.78 is 0. The predicted molar refractivity (Wildman–Crippen MR) is 119 cm³/mol. The molecule has 2 heterocycles. The topological polar surface area (TPSA) is 60.9 Å². The quantitative estimate of drug-likeness (QED) is 0.517. The molecule has 156 valence electrons. The number of urea groups is 1. The van der Waals surface area contributed by atoms with Crippen LogP contribution in [0.1, 0.15) is 30.9 Å². The van der Waals surface area contributed by atoms with E-state index in [4.69, 9.17) is 0 Å². The largest absolute Gasteiger partial charge is 0.478 e. The maximum absolute atomic E-state index is 13.5. The summed E-state index contributed by atoms with van der Waals surface area (Å²) in [5.41, 5.74) is 2.60. The number of aliphatic carboxylic acids is 1. The van der Waals surface area contributed by atoms with Gasteiger partial charge in [0.15, 0.2) is 0 Å². The second-order valence-electron chi connectivity index (χ2n) is 7.73. The summed E-state index contributed by atoms with van der Waals surface area (Å²) in [4.78, 5) is 30.1. The first kappa shape index (κ1) is 20.5. The number of amides is 2. The molecule has 0 radical (unpaired) electrons. The number of carbonyl (C=O) groups is 2. The Morgan fingerprint density at radius 1 is 1.00 bits per heavy atom. The number of benzene rings is 2. The number of carboxylic acid groups (broad SMARTS) is 1. The van der Waals surface area contributed by atoms with E-state index >= 15 is 0 Å². The Balaban J connectivity index is 1.71. The molecule has 0 saturated carbocycles. The van der Waals surface area contributed by atoms with Gasteiger partial charge in [0.1, 0.15) is 0 Å². The van der Waals surface area contributed by atoms with Crippen LogP contribution in [-0.2, 0) is 17.9 Å². The van der Waals surface area contributed by atoms with Crippen LogP contribution in [-0.4, -0.2) is 44.7 Å². The van der Waals surface area contributed by atoms with Crippen LogP contribution in [0.3, 0.4) is 0 Å². The van der Waals surface area contributed by atoms with Crippen molar-refractivity contribution in [1.82, 2.24) is 9.80 Å². The molecule has 2 saturated heterocycles. The highest BCUT2D eigenvalue weighted by Crippen LogP contribution is 2.45. The predicted octanol–water partition coefficient (Wildman–Crippen LogP) is 4.75. The zero-order valence-electron chi connectivity index (χ0n) is 17.0. The van der Waals surface area contributed by atoms with Gasteiger partial charge in [-0.05, 0) is 17.5 Å². The fourth-order valence-corrected chi connectivity index (χ4v) is 5.86. The zero-order valence-corrected chi connectivity index (χ0v) is 17.8. The molecule has 0 unspecified atom stereocenters. The van der Waals surface area contributed by atoms with Crippen LogP contribution in [0.4, 0.5) is 4.79 Å². The van der Waals surface area contributed by atoms with Gasteiger partial charge >= 0.3 is 12.0 Å². The van der Waals surface area contributed by atoms with Crippen LogP contribution in [0.5, 0.6) is 0 Å². The lowest BCUT2D eigenvalue weighted by Gasteiger charge is -2.24. The van der Waals surface area contributed by atoms with Crippen molar-refractivity contribution in [2.45, 2.75) is 44.9 Å². The molecule has 2 amide bonds. The highest BCUT2D eigenvalue weighted by molar-refractivity contribution is 8.03. The van der Waals surface area contributed by atoms with Gasteiger partial charge in [0.2, 0.25) is 0 Å². The van der Waals surface area contributed by atoms with Gasteiger partial charge in [0, 0.05) is 29.3 Å². The second-order valence-corrected chi connectivity index (χ2v) is 8.79. The first-order valence-corrected chi connectivity index (χ1v) is 11.3. The molecule has 1 N–H and O–H groups in total. The number of thioether (sulfide) groups is 1. The Hall–Kier alpha value is -2.73. The third-order valence-corrected chi connectivity index (χ3v) is 7.02. The van der Waals surface area contributed by atoms with E-state index in [2.05, 4.69) is 0 Å². The highest BCUT2D eigenvalue weighted by atomic mass is 32.2. The van der Waals surface area contributed by atoms with Crippen LogP contribution >= 0.6 is 11.8 Å². The Morgan fingerprint density at radius 3 is 2.10 bits per heavy atom. The smallest absolute Gasteiger partial charge is 0.332 e. The average Bonchev–Trinajstić information content (AvgIpc) is 3.28. The number of rotatable bonds is 7. The molecule has 0 aliphatic carbocycles. The molecule has 2 aromatic carbocycles. The van der Waals surface area contributed by atoms with Gasteiger partial charge in [0.25, 0.3) is 0 Å². The van der Waals surface area contributed by atoms with E-state index in [1.807, 2.05) is 77.4 Å². The molecule has 30 heavy (non-hydrogen) atoms. The molecule has 2 aliphatic rings. The van der Waals surface area contributed by atoms with Gasteiger partial charge in [0.05, 0.1) is 12.1 Å². The Bertz CT molecular complexity index is 945. The van der Waals surface area contributed by atoms with Crippen molar-refractivity contribution < 1.29 is 14.7 Å². The van der Waals surface area contributed by atoms with Crippen molar-refractivity contribution in [3.8, 4) is 0 Å². The summed E-state index contributed by atoms with van der Waals surface area (Å²) in [6, 6.07) is 19.7. The maximum Gasteiger partial charge on any atom is 0.332 e. The fraction of sp³-hybridized carbons (Fsp3) is 0.333. The Kier molecular flexibility index (Phi) is 6.13. The molecule has 0 spiro atoms. The minimum absolute atomic E-state index is 0.0169. The second kappa shape index (κ2) is 8.96. The van der Waals surface area contributed by atoms with Gasteiger partial charge in [-0.2, -0.15) is 0 Å². The van der Waals surface area contributed by atoms with Crippen molar-refractivity contribution in [1.29, 1.82) is 0 Å². The average molecular weight is 423 g/mol. The van der Waals surface area contributed by atoms with Crippen molar-refractivity contribution >= 4 is 23.8 Å². The molecular formula is C24H26N2O3S. The monoisotopic (exact) mass is 422 g/mol. The van der Waals surface area contributed by atoms with Crippen molar-refractivity contribution in [3.63, 3.8) is 0 Å².